The SMILES string of the molecule is C=CC1=CCC(CN2CCN(C3=CCCCC=C3)CC2)CC1. The van der Waals surface area contributed by atoms with Crippen molar-refractivity contribution < 1.29 is 0 Å². The fourth-order valence-corrected chi connectivity index (χ4v) is 3.81. The van der Waals surface area contributed by atoms with Gasteiger partial charge >= 0.3 is 0 Å². The van der Waals surface area contributed by atoms with E-state index in [1.807, 2.05) is 6.08 Å². The van der Waals surface area contributed by atoms with E-state index < -0.39 is 0 Å². The standard InChI is InChI=1S/C20H30N2/c1-2-18-9-11-19(12-10-18)17-21-13-15-22(16-14-21)20-7-5-3-4-6-8-20/h2,5,7-9,19H,1,3-4,6,10-17H2. The van der Waals surface area contributed by atoms with Gasteiger partial charge in [0, 0.05) is 38.4 Å². The third kappa shape index (κ3) is 4.13. The van der Waals surface area contributed by atoms with Gasteiger partial charge in [-0.1, -0.05) is 36.5 Å². The number of nitrogens with zero attached hydrogens (tertiary/aromatic N) is 2. The van der Waals surface area contributed by atoms with E-state index in [1.54, 1.807) is 0 Å². The smallest absolute Gasteiger partial charge is 0.0323 e. The van der Waals surface area contributed by atoms with Crippen molar-refractivity contribution in [1.29, 1.82) is 0 Å². The molecule has 120 valence electrons. The Morgan fingerprint density at radius 1 is 1.14 bits per heavy atom. The highest BCUT2D eigenvalue weighted by molar-refractivity contribution is 5.20. The fraction of sp³-hybridized carbons (Fsp3) is 0.600. The Morgan fingerprint density at radius 3 is 2.73 bits per heavy atom. The van der Waals surface area contributed by atoms with E-state index in [4.69, 9.17) is 0 Å². The maximum Gasteiger partial charge on any atom is 0.0323 e. The molecule has 0 radical (unpaired) electrons. The molecule has 1 aliphatic heterocycles. The van der Waals surface area contributed by atoms with E-state index in [9.17, 15) is 0 Å². The van der Waals surface area contributed by atoms with Crippen LogP contribution in [0.2, 0.25) is 0 Å². The van der Waals surface area contributed by atoms with Gasteiger partial charge in [0.05, 0.1) is 0 Å². The Morgan fingerprint density at radius 2 is 2.00 bits per heavy atom. The first-order chi connectivity index (χ1) is 10.8. The van der Waals surface area contributed by atoms with Crippen molar-refractivity contribution in [3.63, 3.8) is 0 Å². The Labute approximate surface area is 135 Å². The van der Waals surface area contributed by atoms with Crippen molar-refractivity contribution >= 4 is 0 Å². The molecule has 2 heteroatoms. The van der Waals surface area contributed by atoms with Crippen molar-refractivity contribution in [2.75, 3.05) is 32.7 Å². The zero-order valence-electron chi connectivity index (χ0n) is 13.8. The van der Waals surface area contributed by atoms with Crippen LogP contribution in [-0.2, 0) is 0 Å². The van der Waals surface area contributed by atoms with Gasteiger partial charge in [-0.05, 0) is 50.5 Å². The summed E-state index contributed by atoms with van der Waals surface area (Å²) in [5.41, 5.74) is 2.92. The monoisotopic (exact) mass is 298 g/mol. The third-order valence-corrected chi connectivity index (χ3v) is 5.29. The van der Waals surface area contributed by atoms with E-state index >= 15 is 0 Å². The minimum Gasteiger partial charge on any atom is -0.369 e. The van der Waals surface area contributed by atoms with Crippen LogP contribution in [0.1, 0.15) is 38.5 Å². The minimum atomic E-state index is 0.854. The van der Waals surface area contributed by atoms with Gasteiger partial charge in [0.15, 0.2) is 0 Å². The second-order valence-corrected chi connectivity index (χ2v) is 6.87. The predicted molar refractivity (Wildman–Crippen MR) is 94.7 cm³/mol. The lowest BCUT2D eigenvalue weighted by atomic mass is 9.89. The highest BCUT2D eigenvalue weighted by Crippen LogP contribution is 2.25. The van der Waals surface area contributed by atoms with Crippen LogP contribution in [0.15, 0.2) is 48.2 Å². The van der Waals surface area contributed by atoms with Crippen LogP contribution in [-0.4, -0.2) is 42.5 Å². The van der Waals surface area contributed by atoms with Gasteiger partial charge < -0.3 is 4.90 Å². The van der Waals surface area contributed by atoms with E-state index in [0.717, 1.165) is 5.92 Å². The first-order valence-electron chi connectivity index (χ1n) is 9.00. The molecule has 3 aliphatic rings. The molecule has 0 N–H and O–H groups in total. The lowest BCUT2D eigenvalue weighted by Gasteiger charge is -2.38. The third-order valence-electron chi connectivity index (χ3n) is 5.29. The molecule has 1 fully saturated rings. The Hall–Kier alpha value is -1.28. The topological polar surface area (TPSA) is 6.48 Å². The average Bonchev–Trinajstić information content (AvgIpc) is 2.86. The summed E-state index contributed by atoms with van der Waals surface area (Å²) in [4.78, 5) is 5.25. The van der Waals surface area contributed by atoms with Gasteiger partial charge in [-0.15, -0.1) is 0 Å². The summed E-state index contributed by atoms with van der Waals surface area (Å²) < 4.78 is 0. The van der Waals surface area contributed by atoms with Crippen LogP contribution >= 0.6 is 0 Å². The number of hydrogen-bond acceptors (Lipinski definition) is 2. The molecular formula is C20H30N2. The molecule has 1 saturated heterocycles. The molecular weight excluding hydrogens is 268 g/mol. The van der Waals surface area contributed by atoms with Gasteiger partial charge in [-0.3, -0.25) is 4.90 Å². The van der Waals surface area contributed by atoms with Crippen molar-refractivity contribution in [3.05, 3.63) is 48.2 Å². The van der Waals surface area contributed by atoms with Crippen LogP contribution in [0.3, 0.4) is 0 Å². The molecule has 0 bridgehead atoms. The normalized spacial score (nSPS) is 27.1. The van der Waals surface area contributed by atoms with Crippen LogP contribution < -0.4 is 0 Å². The fourth-order valence-electron chi connectivity index (χ4n) is 3.81. The summed E-state index contributed by atoms with van der Waals surface area (Å²) >= 11 is 0. The van der Waals surface area contributed by atoms with Gasteiger partial charge in [-0.25, -0.2) is 0 Å². The van der Waals surface area contributed by atoms with Crippen LogP contribution in [0, 0.1) is 5.92 Å². The minimum absolute atomic E-state index is 0.854. The van der Waals surface area contributed by atoms with Gasteiger partial charge in [0.25, 0.3) is 0 Å². The summed E-state index contributed by atoms with van der Waals surface area (Å²) in [5.74, 6) is 0.854. The molecule has 22 heavy (non-hydrogen) atoms. The zero-order chi connectivity index (χ0) is 15.2. The molecule has 0 spiro atoms. The maximum atomic E-state index is 3.89. The summed E-state index contributed by atoms with van der Waals surface area (Å²) in [5, 5.41) is 0. The summed E-state index contributed by atoms with van der Waals surface area (Å²) in [7, 11) is 0. The van der Waals surface area contributed by atoms with Crippen molar-refractivity contribution in [1.82, 2.24) is 9.80 Å². The molecule has 0 aromatic carbocycles. The average molecular weight is 298 g/mol. The maximum absolute atomic E-state index is 3.89. The lowest BCUT2D eigenvalue weighted by molar-refractivity contribution is 0.139. The van der Waals surface area contributed by atoms with Gasteiger partial charge in [0.2, 0.25) is 0 Å². The second kappa shape index (κ2) is 7.82. The zero-order valence-corrected chi connectivity index (χ0v) is 13.8. The van der Waals surface area contributed by atoms with E-state index in [-0.39, 0.29) is 0 Å². The number of allylic oxidation sites excluding steroid dienone is 6. The summed E-state index contributed by atoms with van der Waals surface area (Å²) in [6.07, 6.45) is 19.1. The van der Waals surface area contributed by atoms with E-state index in [2.05, 4.69) is 40.7 Å². The molecule has 0 saturated carbocycles. The summed E-state index contributed by atoms with van der Waals surface area (Å²) in [6.45, 7) is 10.00. The molecule has 1 heterocycles. The molecule has 0 amide bonds. The molecule has 3 rings (SSSR count). The number of rotatable bonds is 4. The van der Waals surface area contributed by atoms with E-state index in [0.29, 0.717) is 0 Å². The molecule has 1 unspecified atom stereocenters. The lowest BCUT2D eigenvalue weighted by Crippen LogP contribution is -2.47. The Balaban J connectivity index is 1.45. The quantitative estimate of drug-likeness (QED) is 0.769. The van der Waals surface area contributed by atoms with Gasteiger partial charge in [-0.2, -0.15) is 0 Å². The van der Waals surface area contributed by atoms with Crippen LogP contribution in [0.4, 0.5) is 0 Å². The van der Waals surface area contributed by atoms with Crippen molar-refractivity contribution in [3.8, 4) is 0 Å². The second-order valence-electron chi connectivity index (χ2n) is 6.87. The van der Waals surface area contributed by atoms with Gasteiger partial charge in [0.1, 0.15) is 0 Å². The number of piperazine rings is 1. The molecule has 1 atom stereocenters. The summed E-state index contributed by atoms with van der Waals surface area (Å²) in [6, 6.07) is 0. The highest BCUT2D eigenvalue weighted by atomic mass is 15.3. The van der Waals surface area contributed by atoms with Crippen LogP contribution in [0.25, 0.3) is 0 Å². The first-order valence-corrected chi connectivity index (χ1v) is 9.00. The Kier molecular flexibility index (Phi) is 5.55. The Bertz CT molecular complexity index is 464. The largest absolute Gasteiger partial charge is 0.369 e. The van der Waals surface area contributed by atoms with Crippen molar-refractivity contribution in [2.24, 2.45) is 5.92 Å². The highest BCUT2D eigenvalue weighted by Gasteiger charge is 2.21. The number of hydrogen-bond donors (Lipinski definition) is 0. The molecule has 0 aromatic rings. The predicted octanol–water partition coefficient (Wildman–Crippen LogP) is 4.14. The van der Waals surface area contributed by atoms with E-state index in [1.165, 1.54) is 82.5 Å². The molecule has 2 nitrogen and oxygen atoms in total. The van der Waals surface area contributed by atoms with Crippen LogP contribution in [0.5, 0.6) is 0 Å². The van der Waals surface area contributed by atoms with Crippen molar-refractivity contribution in [2.45, 2.75) is 38.5 Å². The molecule has 2 aliphatic carbocycles. The molecule has 0 aromatic heterocycles. The first kappa shape index (κ1) is 15.6.